The van der Waals surface area contributed by atoms with Gasteiger partial charge in [-0.15, -0.1) is 0 Å². The number of benzene rings is 2. The van der Waals surface area contributed by atoms with Crippen LogP contribution in [0.5, 0.6) is 0 Å². The maximum atomic E-state index is 13.8. The van der Waals surface area contributed by atoms with E-state index in [4.69, 9.17) is 4.98 Å². The highest BCUT2D eigenvalue weighted by Gasteiger charge is 2.51. The van der Waals surface area contributed by atoms with E-state index in [0.29, 0.717) is 38.2 Å². The number of amides is 2. The number of rotatable bonds is 7. The summed E-state index contributed by atoms with van der Waals surface area (Å²) in [6, 6.07) is 16.5. The first-order valence-corrected chi connectivity index (χ1v) is 14.0. The van der Waals surface area contributed by atoms with Crippen LogP contribution in [0.2, 0.25) is 0 Å². The smallest absolute Gasteiger partial charge is 0.237 e. The van der Waals surface area contributed by atoms with Crippen molar-refractivity contribution in [1.29, 1.82) is 0 Å². The van der Waals surface area contributed by atoms with Crippen molar-refractivity contribution in [2.24, 2.45) is 0 Å². The molecule has 3 heterocycles. The lowest BCUT2D eigenvalue weighted by atomic mass is 9.79. The molecule has 6 rings (SSSR count). The monoisotopic (exact) mass is 526 g/mol. The largest absolute Gasteiger partial charge is 0.334 e. The molecule has 0 bridgehead atoms. The van der Waals surface area contributed by atoms with Crippen molar-refractivity contribution in [3.63, 3.8) is 0 Å². The van der Waals surface area contributed by atoms with E-state index in [9.17, 15) is 14.0 Å². The molecule has 1 aliphatic carbocycles. The average Bonchev–Trinajstić information content (AvgIpc) is 3.42. The first-order chi connectivity index (χ1) is 18.4. The van der Waals surface area contributed by atoms with Crippen LogP contribution in [0.25, 0.3) is 10.9 Å². The molecule has 1 N–H and O–H groups in total. The number of hydrogen-bond donors (Lipinski definition) is 1. The maximum Gasteiger partial charge on any atom is 0.237 e. The van der Waals surface area contributed by atoms with Crippen LogP contribution in [0.4, 0.5) is 10.2 Å². The fourth-order valence-electron chi connectivity index (χ4n) is 5.69. The van der Waals surface area contributed by atoms with Crippen LogP contribution in [0.15, 0.2) is 67.0 Å². The molecule has 4 aromatic rings. The van der Waals surface area contributed by atoms with Crippen LogP contribution in [0.1, 0.15) is 34.2 Å². The number of anilines is 1. The second-order valence-electron chi connectivity index (χ2n) is 10.1. The number of nitrogens with one attached hydrogen (secondary N) is 1. The maximum absolute atomic E-state index is 13.8. The molecule has 2 aliphatic rings. The van der Waals surface area contributed by atoms with Gasteiger partial charge in [0.05, 0.1) is 10.9 Å². The first-order valence-electron chi connectivity index (χ1n) is 12.6. The van der Waals surface area contributed by atoms with Gasteiger partial charge >= 0.3 is 0 Å². The summed E-state index contributed by atoms with van der Waals surface area (Å²) in [5.41, 5.74) is 5.12. The first kappa shape index (κ1) is 24.6. The summed E-state index contributed by atoms with van der Waals surface area (Å²) in [5.74, 6) is 1.09. The SMILES string of the molecule is CSCCC(=O)N(Cc1cccc(F)c1)Cc1cnc2cc3c(cc2c1)C[C@@]1(C3)C(=O)Nc2ncccc21. The van der Waals surface area contributed by atoms with Crippen molar-refractivity contribution in [2.75, 3.05) is 17.3 Å². The molecule has 192 valence electrons. The van der Waals surface area contributed by atoms with Gasteiger partial charge in [-0.3, -0.25) is 14.6 Å². The summed E-state index contributed by atoms with van der Waals surface area (Å²) >= 11 is 1.63. The van der Waals surface area contributed by atoms with E-state index in [-0.39, 0.29) is 17.6 Å². The Hall–Kier alpha value is -3.78. The summed E-state index contributed by atoms with van der Waals surface area (Å²) in [6.45, 7) is 0.716. The van der Waals surface area contributed by atoms with Crippen LogP contribution in [0.3, 0.4) is 0 Å². The highest BCUT2D eigenvalue weighted by Crippen LogP contribution is 2.47. The number of carbonyl (C=O) groups is 2. The number of hydrogen-bond acceptors (Lipinski definition) is 5. The zero-order valence-electron chi connectivity index (χ0n) is 21.0. The average molecular weight is 527 g/mol. The summed E-state index contributed by atoms with van der Waals surface area (Å²) in [7, 11) is 0. The van der Waals surface area contributed by atoms with Crippen LogP contribution < -0.4 is 5.32 Å². The number of thioether (sulfide) groups is 1. The van der Waals surface area contributed by atoms with E-state index in [1.807, 2.05) is 24.5 Å². The Morgan fingerprint density at radius 2 is 1.87 bits per heavy atom. The molecule has 0 saturated heterocycles. The number of fused-ring (bicyclic) bond motifs is 4. The molecule has 0 saturated carbocycles. The van der Waals surface area contributed by atoms with Gasteiger partial charge in [-0.25, -0.2) is 9.37 Å². The van der Waals surface area contributed by atoms with Crippen molar-refractivity contribution < 1.29 is 14.0 Å². The van der Waals surface area contributed by atoms with Gasteiger partial charge in [0.2, 0.25) is 11.8 Å². The highest BCUT2D eigenvalue weighted by molar-refractivity contribution is 7.98. The topological polar surface area (TPSA) is 75.2 Å². The predicted octanol–water partition coefficient (Wildman–Crippen LogP) is 5.04. The van der Waals surface area contributed by atoms with E-state index in [1.165, 1.54) is 12.1 Å². The van der Waals surface area contributed by atoms with Crippen LogP contribution >= 0.6 is 11.8 Å². The minimum Gasteiger partial charge on any atom is -0.334 e. The van der Waals surface area contributed by atoms with E-state index >= 15 is 0 Å². The summed E-state index contributed by atoms with van der Waals surface area (Å²) in [6.07, 6.45) is 7.14. The van der Waals surface area contributed by atoms with Gasteiger partial charge in [0.1, 0.15) is 11.6 Å². The van der Waals surface area contributed by atoms with Crippen molar-refractivity contribution in [2.45, 2.75) is 37.8 Å². The zero-order chi connectivity index (χ0) is 26.3. The highest BCUT2D eigenvalue weighted by atomic mass is 32.2. The second kappa shape index (κ2) is 9.83. The quantitative estimate of drug-likeness (QED) is 0.365. The third kappa shape index (κ3) is 4.43. The predicted molar refractivity (Wildman–Crippen MR) is 147 cm³/mol. The molecule has 0 unspecified atom stereocenters. The third-order valence-corrected chi connectivity index (χ3v) is 8.15. The van der Waals surface area contributed by atoms with Gasteiger partial charge in [-0.2, -0.15) is 11.8 Å². The number of halogens is 1. The Kier molecular flexibility index (Phi) is 6.35. The third-order valence-electron chi connectivity index (χ3n) is 7.54. The zero-order valence-corrected chi connectivity index (χ0v) is 21.9. The van der Waals surface area contributed by atoms with E-state index in [0.717, 1.165) is 44.5 Å². The lowest BCUT2D eigenvalue weighted by Crippen LogP contribution is -2.35. The fraction of sp³-hybridized carbons (Fsp3) is 0.267. The van der Waals surface area contributed by atoms with Gasteiger partial charge < -0.3 is 10.2 Å². The Morgan fingerprint density at radius 3 is 2.68 bits per heavy atom. The minimum atomic E-state index is -0.627. The molecule has 1 aliphatic heterocycles. The lowest BCUT2D eigenvalue weighted by Gasteiger charge is -2.23. The molecule has 1 spiro atoms. The normalized spacial score (nSPS) is 17.5. The lowest BCUT2D eigenvalue weighted by molar-refractivity contribution is -0.132. The molecule has 8 heteroatoms. The van der Waals surface area contributed by atoms with Crippen molar-refractivity contribution >= 4 is 40.3 Å². The van der Waals surface area contributed by atoms with Gasteiger partial charge in [-0.05, 0) is 77.7 Å². The molecule has 1 atom stereocenters. The summed E-state index contributed by atoms with van der Waals surface area (Å²) in [5, 5.41) is 3.93. The van der Waals surface area contributed by atoms with Crippen molar-refractivity contribution in [1.82, 2.24) is 14.9 Å². The van der Waals surface area contributed by atoms with Gasteiger partial charge in [0, 0.05) is 48.6 Å². The second-order valence-corrected chi connectivity index (χ2v) is 11.1. The molecule has 2 aromatic heterocycles. The van der Waals surface area contributed by atoms with Crippen LogP contribution in [0, 0.1) is 5.82 Å². The number of aromatic nitrogens is 2. The molecule has 6 nitrogen and oxygen atoms in total. The Labute approximate surface area is 224 Å². The molecule has 38 heavy (non-hydrogen) atoms. The Morgan fingerprint density at radius 1 is 1.05 bits per heavy atom. The van der Waals surface area contributed by atoms with Crippen molar-refractivity contribution in [3.05, 3.63) is 101 Å². The van der Waals surface area contributed by atoms with Crippen molar-refractivity contribution in [3.8, 4) is 0 Å². The Balaban J connectivity index is 1.29. The van der Waals surface area contributed by atoms with E-state index < -0.39 is 5.41 Å². The Bertz CT molecular complexity index is 1580. The summed E-state index contributed by atoms with van der Waals surface area (Å²) < 4.78 is 13.8. The van der Waals surface area contributed by atoms with E-state index in [2.05, 4.69) is 28.5 Å². The van der Waals surface area contributed by atoms with Gasteiger partial charge in [0.15, 0.2) is 0 Å². The molecular weight excluding hydrogens is 499 g/mol. The van der Waals surface area contributed by atoms with E-state index in [1.54, 1.807) is 35.1 Å². The van der Waals surface area contributed by atoms with Crippen LogP contribution in [-0.2, 0) is 40.9 Å². The minimum absolute atomic E-state index is 0.00292. The number of carbonyl (C=O) groups excluding carboxylic acids is 2. The molecular formula is C30H27FN4O2S. The molecule has 2 aromatic carbocycles. The number of pyridine rings is 2. The standard InChI is InChI=1S/C30H27FN4O2S/c1-38-9-7-27(36)35(17-19-4-2-5-24(31)11-19)18-20-10-21-12-22-14-30(15-23(22)13-26(21)33-16-20)25-6-3-8-32-28(25)34-29(30)37/h2-6,8,10-13,16H,7,9,14-15,17-18H2,1H3,(H,32,34,37)/t30-/m0/s1. The summed E-state index contributed by atoms with van der Waals surface area (Å²) in [4.78, 5) is 37.0. The fourth-order valence-corrected chi connectivity index (χ4v) is 6.07. The van der Waals surface area contributed by atoms with Crippen LogP contribution in [-0.4, -0.2) is 38.7 Å². The van der Waals surface area contributed by atoms with Gasteiger partial charge in [0.25, 0.3) is 0 Å². The number of nitrogens with zero attached hydrogens (tertiary/aromatic N) is 3. The molecule has 2 amide bonds. The van der Waals surface area contributed by atoms with Gasteiger partial charge in [-0.1, -0.05) is 18.2 Å². The molecule has 0 fully saturated rings. The molecule has 0 radical (unpaired) electrons.